The SMILES string of the molecule is CNCCC(F)(F)c1cc(Br)cs1. The zero-order valence-electron chi connectivity index (χ0n) is 7.11. The predicted molar refractivity (Wildman–Crippen MR) is 54.5 cm³/mol. The van der Waals surface area contributed by atoms with Crippen LogP contribution in [-0.4, -0.2) is 13.6 Å². The molecule has 1 rings (SSSR count). The molecular weight excluding hydrogens is 260 g/mol. The van der Waals surface area contributed by atoms with Crippen molar-refractivity contribution in [3.05, 3.63) is 20.8 Å². The molecule has 0 aliphatic rings. The van der Waals surface area contributed by atoms with Gasteiger partial charge in [0.25, 0.3) is 5.92 Å². The lowest BCUT2D eigenvalue weighted by molar-refractivity contribution is -0.00852. The van der Waals surface area contributed by atoms with Crippen molar-refractivity contribution in [1.82, 2.24) is 5.32 Å². The van der Waals surface area contributed by atoms with Gasteiger partial charge in [-0.3, -0.25) is 0 Å². The molecule has 74 valence electrons. The third-order valence-electron chi connectivity index (χ3n) is 1.62. The Morgan fingerprint density at radius 1 is 1.62 bits per heavy atom. The van der Waals surface area contributed by atoms with E-state index in [0.717, 1.165) is 15.8 Å². The van der Waals surface area contributed by atoms with E-state index in [-0.39, 0.29) is 11.3 Å². The normalized spacial score (nSPS) is 12.0. The lowest BCUT2D eigenvalue weighted by atomic mass is 10.2. The first-order valence-corrected chi connectivity index (χ1v) is 5.50. The smallest absolute Gasteiger partial charge is 0.283 e. The van der Waals surface area contributed by atoms with E-state index >= 15 is 0 Å². The second-order valence-electron chi connectivity index (χ2n) is 2.69. The van der Waals surface area contributed by atoms with E-state index in [1.165, 1.54) is 6.07 Å². The second-order valence-corrected chi connectivity index (χ2v) is 4.51. The number of hydrogen-bond acceptors (Lipinski definition) is 2. The summed E-state index contributed by atoms with van der Waals surface area (Å²) in [4.78, 5) is 0.120. The summed E-state index contributed by atoms with van der Waals surface area (Å²) in [7, 11) is 1.67. The van der Waals surface area contributed by atoms with E-state index < -0.39 is 5.92 Å². The minimum absolute atomic E-state index is 0.120. The molecule has 1 aromatic rings. The van der Waals surface area contributed by atoms with E-state index in [1.807, 2.05) is 0 Å². The summed E-state index contributed by atoms with van der Waals surface area (Å²) in [5.41, 5.74) is 0. The Hall–Kier alpha value is -0.0000000000000000833. The molecule has 0 aromatic carbocycles. The summed E-state index contributed by atoms with van der Waals surface area (Å²) in [5, 5.41) is 4.38. The van der Waals surface area contributed by atoms with Crippen molar-refractivity contribution in [2.75, 3.05) is 13.6 Å². The Bertz CT molecular complexity index is 275. The fraction of sp³-hybridized carbons (Fsp3) is 0.500. The van der Waals surface area contributed by atoms with Crippen molar-refractivity contribution in [1.29, 1.82) is 0 Å². The van der Waals surface area contributed by atoms with Crippen molar-refractivity contribution in [2.24, 2.45) is 0 Å². The van der Waals surface area contributed by atoms with Gasteiger partial charge in [0.1, 0.15) is 0 Å². The van der Waals surface area contributed by atoms with Crippen LogP contribution in [0.3, 0.4) is 0 Å². The molecule has 1 aromatic heterocycles. The first-order valence-electron chi connectivity index (χ1n) is 3.83. The van der Waals surface area contributed by atoms with Crippen LogP contribution in [0.15, 0.2) is 15.9 Å². The van der Waals surface area contributed by atoms with Crippen LogP contribution in [0.2, 0.25) is 0 Å². The van der Waals surface area contributed by atoms with Crippen LogP contribution in [0.5, 0.6) is 0 Å². The average Bonchev–Trinajstić information content (AvgIpc) is 2.49. The molecule has 0 fully saturated rings. The first kappa shape index (κ1) is 11.1. The minimum Gasteiger partial charge on any atom is -0.320 e. The Kier molecular flexibility index (Phi) is 3.82. The summed E-state index contributed by atoms with van der Waals surface area (Å²) < 4.78 is 27.3. The second kappa shape index (κ2) is 4.48. The number of nitrogens with one attached hydrogen (secondary N) is 1. The largest absolute Gasteiger partial charge is 0.320 e. The van der Waals surface area contributed by atoms with Crippen molar-refractivity contribution >= 4 is 27.3 Å². The van der Waals surface area contributed by atoms with Crippen LogP contribution in [-0.2, 0) is 5.92 Å². The molecule has 0 amide bonds. The fourth-order valence-electron chi connectivity index (χ4n) is 0.910. The van der Waals surface area contributed by atoms with Gasteiger partial charge in [0.15, 0.2) is 0 Å². The van der Waals surface area contributed by atoms with Gasteiger partial charge in [-0.05, 0) is 29.0 Å². The number of thiophene rings is 1. The van der Waals surface area contributed by atoms with E-state index in [2.05, 4.69) is 21.2 Å². The van der Waals surface area contributed by atoms with Gasteiger partial charge in [0.2, 0.25) is 0 Å². The summed E-state index contributed by atoms with van der Waals surface area (Å²) in [6, 6.07) is 1.47. The van der Waals surface area contributed by atoms with Crippen LogP contribution >= 0.6 is 27.3 Å². The number of halogens is 3. The van der Waals surface area contributed by atoms with Crippen LogP contribution < -0.4 is 5.32 Å². The number of hydrogen-bond donors (Lipinski definition) is 1. The highest BCUT2D eigenvalue weighted by Gasteiger charge is 2.32. The van der Waals surface area contributed by atoms with Crippen LogP contribution in [0.1, 0.15) is 11.3 Å². The van der Waals surface area contributed by atoms with Crippen molar-refractivity contribution in [2.45, 2.75) is 12.3 Å². The highest BCUT2D eigenvalue weighted by Crippen LogP contribution is 2.36. The summed E-state index contributed by atoms with van der Waals surface area (Å²) in [6.45, 7) is 0.322. The van der Waals surface area contributed by atoms with Gasteiger partial charge in [-0.1, -0.05) is 0 Å². The highest BCUT2D eigenvalue weighted by molar-refractivity contribution is 9.10. The maximum Gasteiger partial charge on any atom is 0.283 e. The molecule has 13 heavy (non-hydrogen) atoms. The molecule has 0 saturated carbocycles. The summed E-state index contributed by atoms with van der Waals surface area (Å²) >= 11 is 4.24. The molecule has 0 spiro atoms. The molecule has 0 unspecified atom stereocenters. The maximum absolute atomic E-state index is 13.3. The monoisotopic (exact) mass is 269 g/mol. The van der Waals surface area contributed by atoms with E-state index in [1.54, 1.807) is 12.4 Å². The lowest BCUT2D eigenvalue weighted by Gasteiger charge is -2.13. The van der Waals surface area contributed by atoms with Crippen molar-refractivity contribution in [3.63, 3.8) is 0 Å². The molecular formula is C8H10BrF2NS. The maximum atomic E-state index is 13.3. The highest BCUT2D eigenvalue weighted by atomic mass is 79.9. The van der Waals surface area contributed by atoms with E-state index in [4.69, 9.17) is 0 Å². The van der Waals surface area contributed by atoms with Gasteiger partial charge >= 0.3 is 0 Å². The Balaban J connectivity index is 2.68. The zero-order chi connectivity index (χ0) is 9.90. The van der Waals surface area contributed by atoms with Gasteiger partial charge in [-0.25, -0.2) is 8.78 Å². The minimum atomic E-state index is -2.71. The Labute approximate surface area is 88.3 Å². The van der Waals surface area contributed by atoms with Gasteiger partial charge in [-0.15, -0.1) is 11.3 Å². The molecule has 0 aliphatic heterocycles. The first-order chi connectivity index (χ1) is 6.06. The molecule has 0 atom stereocenters. The molecule has 0 aliphatic carbocycles. The van der Waals surface area contributed by atoms with E-state index in [9.17, 15) is 8.78 Å². The molecule has 1 nitrogen and oxygen atoms in total. The number of rotatable bonds is 4. The van der Waals surface area contributed by atoms with Crippen LogP contribution in [0, 0.1) is 0 Å². The molecule has 0 saturated heterocycles. The van der Waals surface area contributed by atoms with Gasteiger partial charge in [0.05, 0.1) is 4.88 Å². The number of alkyl halides is 2. The van der Waals surface area contributed by atoms with Crippen LogP contribution in [0.25, 0.3) is 0 Å². The van der Waals surface area contributed by atoms with Gasteiger partial charge < -0.3 is 5.32 Å². The third-order valence-corrected chi connectivity index (χ3v) is 3.42. The quantitative estimate of drug-likeness (QED) is 0.885. The summed E-state index contributed by atoms with van der Waals surface area (Å²) in [5.74, 6) is -2.71. The van der Waals surface area contributed by atoms with Crippen molar-refractivity contribution in [3.8, 4) is 0 Å². The zero-order valence-corrected chi connectivity index (χ0v) is 9.51. The molecule has 1 heterocycles. The van der Waals surface area contributed by atoms with Gasteiger partial charge in [0, 0.05) is 22.8 Å². The standard InChI is InChI=1S/C8H10BrF2NS/c1-12-3-2-8(10,11)7-4-6(9)5-13-7/h4-5,12H,2-3H2,1H3. The molecule has 0 radical (unpaired) electrons. The third kappa shape index (κ3) is 3.00. The predicted octanol–water partition coefficient (Wildman–Crippen LogP) is 3.21. The van der Waals surface area contributed by atoms with Crippen molar-refractivity contribution < 1.29 is 8.78 Å². The molecule has 1 N–H and O–H groups in total. The van der Waals surface area contributed by atoms with Crippen LogP contribution in [0.4, 0.5) is 8.78 Å². The van der Waals surface area contributed by atoms with Gasteiger partial charge in [-0.2, -0.15) is 0 Å². The molecule has 5 heteroatoms. The lowest BCUT2D eigenvalue weighted by Crippen LogP contribution is -2.19. The summed E-state index contributed by atoms with van der Waals surface area (Å²) in [6.07, 6.45) is -0.156. The Morgan fingerprint density at radius 2 is 2.31 bits per heavy atom. The van der Waals surface area contributed by atoms with E-state index in [0.29, 0.717) is 6.54 Å². The fourth-order valence-corrected chi connectivity index (χ4v) is 2.35. The average molecular weight is 270 g/mol. The molecule has 0 bridgehead atoms. The topological polar surface area (TPSA) is 12.0 Å². The Morgan fingerprint density at radius 3 is 2.77 bits per heavy atom.